The summed E-state index contributed by atoms with van der Waals surface area (Å²) in [5.74, 6) is -2.48. The van der Waals surface area contributed by atoms with E-state index in [9.17, 15) is 81.1 Å². The minimum atomic E-state index is -2.14. The Morgan fingerprint density at radius 3 is 1.41 bits per heavy atom. The molecule has 0 saturated carbocycles. The molecule has 4 fully saturated rings. The quantitative estimate of drug-likeness (QED) is 0.0338. The van der Waals surface area contributed by atoms with Crippen LogP contribution in [0.1, 0.15) is 174 Å². The molecule has 17 N–H and O–H groups in total. The molecule has 1 amide bonds. The molecule has 0 radical (unpaired) electrons. The Labute approximate surface area is 482 Å². The molecular weight excluding hydrogens is 1080 g/mol. The van der Waals surface area contributed by atoms with Gasteiger partial charge < -0.3 is 120 Å². The van der Waals surface area contributed by atoms with Gasteiger partial charge in [0.15, 0.2) is 31.3 Å². The molecule has 0 aliphatic carbocycles. The van der Waals surface area contributed by atoms with Crippen LogP contribution in [0.15, 0.2) is 0 Å². The Kier molecular flexibility index (Phi) is 34.5. The number of carboxylic acids is 1. The third kappa shape index (κ3) is 22.6. The zero-order valence-electron chi connectivity index (χ0n) is 48.2. The summed E-state index contributed by atoms with van der Waals surface area (Å²) in [6.07, 6.45) is -12.6. The number of rotatable bonds is 41. The van der Waals surface area contributed by atoms with Crippen LogP contribution in [0.4, 0.5) is 0 Å². The number of amides is 1. The highest BCUT2D eigenvalue weighted by atomic mass is 16.8. The first-order valence-corrected chi connectivity index (χ1v) is 30.5. The van der Waals surface area contributed by atoms with E-state index in [0.717, 1.165) is 51.4 Å². The molecule has 4 heterocycles. The van der Waals surface area contributed by atoms with Crippen molar-refractivity contribution in [1.82, 2.24) is 5.32 Å². The molecule has 0 bridgehead atoms. The highest BCUT2D eigenvalue weighted by Gasteiger charge is 2.55. The lowest BCUT2D eigenvalue weighted by molar-refractivity contribution is -0.373. The van der Waals surface area contributed by atoms with Crippen molar-refractivity contribution in [3.8, 4) is 0 Å². The van der Waals surface area contributed by atoms with E-state index < -0.39 is 179 Å². The topological polar surface area (TPSA) is 429 Å². The van der Waals surface area contributed by atoms with Crippen LogP contribution in [0.3, 0.4) is 0 Å². The SMILES string of the molecule is CCCCCCCCCCCCCCCC(O)C(CO[C@H]1O[C@H](C(=O)O)[C@@H](O[C@H]2O[C@H](CO[C@H]3O[C@H](CO)[C@H](O)[C@H](O)[C@H]3O[C@H]3O[C@H](CO)[C@@H](O)[C@H](O)[C@@H]3O)[C@@H](O)[C@H](O)[C@H]2N)[C@H](O)[C@H]1O)NC(=O)[C@@H](O)CCCCCCCCCCCC. The molecule has 4 rings (SSSR count). The molecule has 2 unspecified atom stereocenters. The van der Waals surface area contributed by atoms with Crippen molar-refractivity contribution in [2.75, 3.05) is 26.4 Å². The van der Waals surface area contributed by atoms with E-state index in [0.29, 0.717) is 12.8 Å². The van der Waals surface area contributed by atoms with Crippen LogP contribution >= 0.6 is 0 Å². The lowest BCUT2D eigenvalue weighted by Crippen LogP contribution is -2.67. The number of hydrogen-bond acceptors (Lipinski definition) is 24. The van der Waals surface area contributed by atoms with Crippen LogP contribution in [-0.2, 0) is 47.5 Å². The summed E-state index contributed by atoms with van der Waals surface area (Å²) in [7, 11) is 0. The predicted octanol–water partition coefficient (Wildman–Crippen LogP) is -0.667. The molecule has 0 aromatic heterocycles. The van der Waals surface area contributed by atoms with Crippen molar-refractivity contribution in [1.29, 1.82) is 0 Å². The van der Waals surface area contributed by atoms with E-state index in [-0.39, 0.29) is 12.8 Å². The zero-order valence-corrected chi connectivity index (χ0v) is 48.2. The monoisotopic (exact) mass is 1190 g/mol. The van der Waals surface area contributed by atoms with Gasteiger partial charge in [0.05, 0.1) is 44.6 Å². The molecule has 0 spiro atoms. The van der Waals surface area contributed by atoms with Crippen LogP contribution in [0.25, 0.3) is 0 Å². The number of aliphatic carboxylic acids is 1. The number of nitrogens with two attached hydrogens (primary N) is 1. The lowest BCUT2D eigenvalue weighted by atomic mass is 9.95. The first-order chi connectivity index (χ1) is 39.3. The van der Waals surface area contributed by atoms with Gasteiger partial charge in [-0.05, 0) is 12.8 Å². The summed E-state index contributed by atoms with van der Waals surface area (Å²) in [6, 6.07) is -2.83. The predicted molar refractivity (Wildman–Crippen MR) is 291 cm³/mol. The summed E-state index contributed by atoms with van der Waals surface area (Å²) in [5.41, 5.74) is 6.19. The summed E-state index contributed by atoms with van der Waals surface area (Å²) in [6.45, 7) is 1.31. The van der Waals surface area contributed by atoms with Gasteiger partial charge in [0.2, 0.25) is 5.91 Å². The molecule has 482 valence electrons. The zero-order chi connectivity index (χ0) is 60.3. The second kappa shape index (κ2) is 39.1. The van der Waals surface area contributed by atoms with Crippen molar-refractivity contribution in [3.05, 3.63) is 0 Å². The van der Waals surface area contributed by atoms with Crippen molar-refractivity contribution in [3.63, 3.8) is 0 Å². The van der Waals surface area contributed by atoms with E-state index in [4.69, 9.17) is 43.6 Å². The van der Waals surface area contributed by atoms with Gasteiger partial charge in [-0.25, -0.2) is 4.79 Å². The highest BCUT2D eigenvalue weighted by Crippen LogP contribution is 2.33. The molecule has 0 aromatic rings. The maximum absolute atomic E-state index is 13.4. The first-order valence-electron chi connectivity index (χ1n) is 30.5. The third-order valence-corrected chi connectivity index (χ3v) is 16.2. The van der Waals surface area contributed by atoms with Crippen LogP contribution in [-0.4, -0.2) is 251 Å². The van der Waals surface area contributed by atoms with Gasteiger partial charge in [0, 0.05) is 0 Å². The summed E-state index contributed by atoms with van der Waals surface area (Å²) >= 11 is 0. The van der Waals surface area contributed by atoms with Crippen molar-refractivity contribution < 1.29 is 119 Å². The number of carboxylic acid groups (broad SMARTS) is 1. The van der Waals surface area contributed by atoms with Crippen LogP contribution < -0.4 is 11.1 Å². The molecular formula is C56H104N2O24. The van der Waals surface area contributed by atoms with Crippen LogP contribution in [0.5, 0.6) is 0 Å². The fraction of sp³-hybridized carbons (Fsp3) is 0.964. The fourth-order valence-corrected chi connectivity index (χ4v) is 10.8. The molecule has 26 heteroatoms. The Hall–Kier alpha value is -1.94. The third-order valence-electron chi connectivity index (χ3n) is 16.2. The van der Waals surface area contributed by atoms with Crippen molar-refractivity contribution >= 4 is 11.9 Å². The number of unbranched alkanes of at least 4 members (excludes halogenated alkanes) is 21. The van der Waals surface area contributed by atoms with E-state index in [1.807, 2.05) is 0 Å². The molecule has 23 atom stereocenters. The van der Waals surface area contributed by atoms with Crippen LogP contribution in [0, 0.1) is 0 Å². The average molecular weight is 1190 g/mol. The molecule has 4 aliphatic rings. The minimum Gasteiger partial charge on any atom is -0.479 e. The molecule has 4 saturated heterocycles. The molecule has 26 nitrogen and oxygen atoms in total. The molecule has 0 aromatic carbocycles. The van der Waals surface area contributed by atoms with Gasteiger partial charge in [-0.15, -0.1) is 0 Å². The molecule has 4 aliphatic heterocycles. The number of nitrogens with one attached hydrogen (secondary N) is 1. The maximum atomic E-state index is 13.4. The van der Waals surface area contributed by atoms with Crippen molar-refractivity contribution in [2.24, 2.45) is 5.73 Å². The van der Waals surface area contributed by atoms with E-state index in [1.165, 1.54) is 83.5 Å². The van der Waals surface area contributed by atoms with E-state index >= 15 is 0 Å². The van der Waals surface area contributed by atoms with Gasteiger partial charge in [-0.3, -0.25) is 4.79 Å². The number of carbonyl (C=O) groups excluding carboxylic acids is 1. The largest absolute Gasteiger partial charge is 0.479 e. The highest BCUT2D eigenvalue weighted by molar-refractivity contribution is 5.80. The number of aliphatic hydroxyl groups is 13. The first kappa shape index (κ1) is 72.5. The van der Waals surface area contributed by atoms with Gasteiger partial charge in [0.25, 0.3) is 0 Å². The smallest absolute Gasteiger partial charge is 0.335 e. The van der Waals surface area contributed by atoms with Crippen molar-refractivity contribution in [2.45, 2.75) is 315 Å². The number of carbonyl (C=O) groups is 2. The number of hydrogen-bond donors (Lipinski definition) is 16. The maximum Gasteiger partial charge on any atom is 0.335 e. The van der Waals surface area contributed by atoms with Gasteiger partial charge >= 0.3 is 5.97 Å². The van der Waals surface area contributed by atoms with Gasteiger partial charge in [0.1, 0.15) is 91.6 Å². The summed E-state index contributed by atoms with van der Waals surface area (Å²) < 4.78 is 45.5. The summed E-state index contributed by atoms with van der Waals surface area (Å²) in [5, 5.41) is 153. The second-order valence-corrected chi connectivity index (χ2v) is 22.8. The van der Waals surface area contributed by atoms with Gasteiger partial charge in [-0.2, -0.15) is 0 Å². The Bertz CT molecular complexity index is 1720. The van der Waals surface area contributed by atoms with Crippen LogP contribution in [0.2, 0.25) is 0 Å². The normalized spacial score (nSPS) is 35.5. The van der Waals surface area contributed by atoms with E-state index in [2.05, 4.69) is 19.2 Å². The number of ether oxygens (including phenoxy) is 8. The average Bonchev–Trinajstić information content (AvgIpc) is 3.67. The Morgan fingerprint density at radius 2 is 0.902 bits per heavy atom. The second-order valence-electron chi connectivity index (χ2n) is 22.8. The van der Waals surface area contributed by atoms with Gasteiger partial charge in [-0.1, -0.05) is 162 Å². The Morgan fingerprint density at radius 1 is 0.476 bits per heavy atom. The summed E-state index contributed by atoms with van der Waals surface area (Å²) in [4.78, 5) is 26.2. The minimum absolute atomic E-state index is 0.181. The number of aliphatic hydroxyl groups excluding tert-OH is 13. The molecule has 82 heavy (non-hydrogen) atoms. The fourth-order valence-electron chi connectivity index (χ4n) is 10.8. The standard InChI is InChI=1S/C56H104N2O24/c1-3-5-7-9-11-13-15-16-17-19-20-22-24-26-33(61)32(58-51(72)34(62)27-25-23-21-18-14-12-10-8-6-4-2)30-75-54-47(71)45(69)48(50(82-54)52(73)74)80-53-38(57)42(66)41(65)37(79-53)31-76-56-49(44(68)40(64)36(29-60)78-56)81-55-46(70)43(67)39(63)35(28-59)77-55/h32-50,53-56,59-71H,3-31,57H2,1-2H3,(H,58,72)(H,73,74)/t32?,33?,34-,35+,36+,37+,38+,39+,40-,41+,42+,43-,44-,45+,46-,47+,48-,49+,50-,53+,54-,55+,56-/m0/s1. The lowest BCUT2D eigenvalue weighted by Gasteiger charge is -2.47. The Balaban J connectivity index is 1.38. The van der Waals surface area contributed by atoms with E-state index in [1.54, 1.807) is 0 Å².